The molecule has 1 atom stereocenters. The molecule has 0 unspecified atom stereocenters. The van der Waals surface area contributed by atoms with Crippen molar-refractivity contribution < 1.29 is 24.3 Å². The highest BCUT2D eigenvalue weighted by molar-refractivity contribution is 8.15. The van der Waals surface area contributed by atoms with Gasteiger partial charge in [0.15, 0.2) is 0 Å². The predicted octanol–water partition coefficient (Wildman–Crippen LogP) is -0.270. The maximum absolute atomic E-state index is 11.7. The first-order valence-corrected chi connectivity index (χ1v) is 6.46. The summed E-state index contributed by atoms with van der Waals surface area (Å²) in [4.78, 5) is 44.5. The number of carboxylic acid groups (broad SMARTS) is 1. The minimum Gasteiger partial charge on any atom is -0.545 e. The Bertz CT molecular complexity index is 584. The number of carbonyl (C=O) groups is 4. The normalized spacial score (nSPS) is 17.7. The van der Waals surface area contributed by atoms with Gasteiger partial charge in [-0.1, -0.05) is 23.9 Å². The number of anilines is 1. The number of carbonyl (C=O) groups excluding carboxylic acids is 4. The minimum atomic E-state index is -1.31. The number of amides is 3. The first kappa shape index (κ1) is 14.1. The van der Waals surface area contributed by atoms with Crippen molar-refractivity contribution in [2.45, 2.75) is 11.7 Å². The lowest BCUT2D eigenvalue weighted by Gasteiger charge is -2.08. The van der Waals surface area contributed by atoms with Crippen molar-refractivity contribution >= 4 is 40.5 Å². The van der Waals surface area contributed by atoms with Crippen molar-refractivity contribution in [2.24, 2.45) is 0 Å². The van der Waals surface area contributed by atoms with Gasteiger partial charge in [0.05, 0.1) is 5.97 Å². The molecule has 1 saturated heterocycles. The number of hydrogen-bond acceptors (Lipinski definition) is 6. The number of thioether (sulfide) groups is 1. The van der Waals surface area contributed by atoms with Crippen LogP contribution in [0.3, 0.4) is 0 Å². The van der Waals surface area contributed by atoms with Crippen LogP contribution in [0.4, 0.5) is 10.5 Å². The van der Waals surface area contributed by atoms with E-state index in [1.807, 2.05) is 0 Å². The van der Waals surface area contributed by atoms with Crippen LogP contribution in [0.1, 0.15) is 16.8 Å². The van der Waals surface area contributed by atoms with E-state index in [1.165, 1.54) is 24.3 Å². The predicted molar refractivity (Wildman–Crippen MR) is 68.9 cm³/mol. The molecule has 20 heavy (non-hydrogen) atoms. The van der Waals surface area contributed by atoms with Gasteiger partial charge in [-0.3, -0.25) is 19.7 Å². The summed E-state index contributed by atoms with van der Waals surface area (Å²) in [6, 6.07) is 5.42. The quantitative estimate of drug-likeness (QED) is 0.789. The van der Waals surface area contributed by atoms with E-state index in [4.69, 9.17) is 0 Å². The Balaban J connectivity index is 1.93. The topological polar surface area (TPSA) is 115 Å². The number of benzene rings is 1. The highest BCUT2D eigenvalue weighted by atomic mass is 32.2. The Morgan fingerprint density at radius 1 is 1.25 bits per heavy atom. The Labute approximate surface area is 117 Å². The Morgan fingerprint density at radius 2 is 1.90 bits per heavy atom. The van der Waals surface area contributed by atoms with Crippen molar-refractivity contribution in [3.8, 4) is 0 Å². The third kappa shape index (κ3) is 3.35. The monoisotopic (exact) mass is 293 g/mol. The summed E-state index contributed by atoms with van der Waals surface area (Å²) in [6.07, 6.45) is -0.134. The summed E-state index contributed by atoms with van der Waals surface area (Å²) < 4.78 is 0. The molecule has 1 aliphatic heterocycles. The molecule has 8 heteroatoms. The molecule has 3 amide bonds. The number of aromatic carboxylic acids is 1. The van der Waals surface area contributed by atoms with Crippen LogP contribution in [0.15, 0.2) is 24.3 Å². The van der Waals surface area contributed by atoms with E-state index in [2.05, 4.69) is 10.6 Å². The van der Waals surface area contributed by atoms with Gasteiger partial charge in [-0.25, -0.2) is 0 Å². The van der Waals surface area contributed by atoms with Gasteiger partial charge in [0.1, 0.15) is 5.25 Å². The average Bonchev–Trinajstić information content (AvgIpc) is 2.68. The molecule has 1 heterocycles. The highest BCUT2D eigenvalue weighted by Crippen LogP contribution is 2.22. The molecule has 0 bridgehead atoms. The third-order valence-electron chi connectivity index (χ3n) is 2.54. The fourth-order valence-corrected chi connectivity index (χ4v) is 2.42. The Kier molecular flexibility index (Phi) is 4.04. The minimum absolute atomic E-state index is 0.000628. The van der Waals surface area contributed by atoms with Gasteiger partial charge in [0, 0.05) is 12.1 Å². The summed E-state index contributed by atoms with van der Waals surface area (Å²) in [5.74, 6) is -2.23. The second-order valence-corrected chi connectivity index (χ2v) is 5.18. The van der Waals surface area contributed by atoms with E-state index in [1.54, 1.807) is 0 Å². The molecular weight excluding hydrogens is 284 g/mol. The van der Waals surface area contributed by atoms with E-state index < -0.39 is 28.3 Å². The average molecular weight is 293 g/mol. The molecule has 7 nitrogen and oxygen atoms in total. The molecule has 2 rings (SSSR count). The van der Waals surface area contributed by atoms with E-state index >= 15 is 0 Å². The second-order valence-electron chi connectivity index (χ2n) is 4.00. The van der Waals surface area contributed by atoms with Crippen LogP contribution >= 0.6 is 11.8 Å². The standard InChI is InChI=1S/C12H10N2O5S/c15-9(5-8-10(16)14-12(19)20-8)13-7-3-1-6(2-4-7)11(17)18/h1-4,8H,5H2,(H,13,15)(H,17,18)(H,14,16,19)/p-1/t8-/m1/s1. The molecule has 0 aromatic heterocycles. The van der Waals surface area contributed by atoms with Crippen LogP contribution in [0.25, 0.3) is 0 Å². The van der Waals surface area contributed by atoms with Gasteiger partial charge >= 0.3 is 0 Å². The van der Waals surface area contributed by atoms with Crippen molar-refractivity contribution in [2.75, 3.05) is 5.32 Å². The van der Waals surface area contributed by atoms with Crippen molar-refractivity contribution in [1.29, 1.82) is 0 Å². The van der Waals surface area contributed by atoms with Gasteiger partial charge in [0.25, 0.3) is 5.24 Å². The largest absolute Gasteiger partial charge is 0.545 e. The molecular formula is C12H9N2O5S-. The zero-order chi connectivity index (χ0) is 14.7. The molecule has 0 aliphatic carbocycles. The van der Waals surface area contributed by atoms with Gasteiger partial charge in [0.2, 0.25) is 11.8 Å². The molecule has 0 radical (unpaired) electrons. The van der Waals surface area contributed by atoms with Crippen LogP contribution in [0.5, 0.6) is 0 Å². The first-order valence-electron chi connectivity index (χ1n) is 5.58. The Hall–Kier alpha value is -2.35. The number of nitrogens with one attached hydrogen (secondary N) is 2. The number of hydrogen-bond donors (Lipinski definition) is 2. The van der Waals surface area contributed by atoms with E-state index in [-0.39, 0.29) is 12.0 Å². The number of carboxylic acids is 1. The lowest BCUT2D eigenvalue weighted by atomic mass is 10.2. The van der Waals surface area contributed by atoms with Gasteiger partial charge in [-0.2, -0.15) is 0 Å². The van der Waals surface area contributed by atoms with Gasteiger partial charge < -0.3 is 15.2 Å². The van der Waals surface area contributed by atoms with E-state index in [0.717, 1.165) is 11.8 Å². The Morgan fingerprint density at radius 3 is 2.40 bits per heavy atom. The molecule has 2 N–H and O–H groups in total. The van der Waals surface area contributed by atoms with Crippen LogP contribution in [0.2, 0.25) is 0 Å². The zero-order valence-corrected chi connectivity index (χ0v) is 10.9. The molecule has 0 spiro atoms. The summed E-state index contributed by atoms with van der Waals surface area (Å²) >= 11 is 0.773. The summed E-state index contributed by atoms with van der Waals surface area (Å²) in [7, 11) is 0. The molecule has 104 valence electrons. The molecule has 1 aromatic rings. The maximum atomic E-state index is 11.7. The molecule has 1 aliphatic rings. The highest BCUT2D eigenvalue weighted by Gasteiger charge is 2.33. The van der Waals surface area contributed by atoms with E-state index in [0.29, 0.717) is 5.69 Å². The zero-order valence-electron chi connectivity index (χ0n) is 10.0. The third-order valence-corrected chi connectivity index (χ3v) is 3.52. The van der Waals surface area contributed by atoms with Crippen molar-refractivity contribution in [3.05, 3.63) is 29.8 Å². The fourth-order valence-electron chi connectivity index (χ4n) is 1.60. The fraction of sp³-hybridized carbons (Fsp3) is 0.167. The number of imide groups is 1. The van der Waals surface area contributed by atoms with Crippen LogP contribution in [0, 0.1) is 0 Å². The van der Waals surface area contributed by atoms with Gasteiger partial charge in [-0.05, 0) is 17.7 Å². The van der Waals surface area contributed by atoms with E-state index in [9.17, 15) is 24.3 Å². The summed E-state index contributed by atoms with van der Waals surface area (Å²) in [5, 5.41) is 14.0. The van der Waals surface area contributed by atoms with Crippen LogP contribution in [-0.2, 0) is 9.59 Å². The molecule has 0 saturated carbocycles. The lowest BCUT2D eigenvalue weighted by molar-refractivity contribution is -0.255. The summed E-state index contributed by atoms with van der Waals surface area (Å²) in [5.41, 5.74) is 0.397. The summed E-state index contributed by atoms with van der Waals surface area (Å²) in [6.45, 7) is 0. The SMILES string of the molecule is O=C(C[C@H]1SC(=O)NC1=O)Nc1ccc(C(=O)[O-])cc1. The molecule has 1 fully saturated rings. The smallest absolute Gasteiger partial charge is 0.286 e. The van der Waals surface area contributed by atoms with Crippen LogP contribution in [-0.4, -0.2) is 28.3 Å². The van der Waals surface area contributed by atoms with Gasteiger partial charge in [-0.15, -0.1) is 0 Å². The van der Waals surface area contributed by atoms with Crippen molar-refractivity contribution in [3.63, 3.8) is 0 Å². The molecule has 1 aromatic carbocycles. The number of rotatable bonds is 4. The maximum Gasteiger partial charge on any atom is 0.286 e. The second kappa shape index (κ2) is 5.74. The lowest BCUT2D eigenvalue weighted by Crippen LogP contribution is -2.27. The first-order chi connectivity index (χ1) is 9.45. The van der Waals surface area contributed by atoms with Crippen molar-refractivity contribution in [1.82, 2.24) is 5.32 Å². The van der Waals surface area contributed by atoms with Crippen LogP contribution < -0.4 is 15.7 Å².